The van der Waals surface area contributed by atoms with Crippen molar-refractivity contribution in [3.8, 4) is 0 Å². The third kappa shape index (κ3) is 1.62. The summed E-state index contributed by atoms with van der Waals surface area (Å²) in [6, 6.07) is 5.64. The number of nitrogens with one attached hydrogen (secondary N) is 1. The second-order valence-corrected chi connectivity index (χ2v) is 2.41. The first kappa shape index (κ1) is 7.88. The topological polar surface area (TPSA) is 64.1 Å². The smallest absolute Gasteiger partial charge is 0.0518 e. The van der Waals surface area contributed by atoms with Gasteiger partial charge in [0.15, 0.2) is 0 Å². The highest BCUT2D eigenvalue weighted by molar-refractivity contribution is 5.57. The largest absolute Gasteiger partial charge is 0.399 e. The van der Waals surface area contributed by atoms with Crippen LogP contribution in [-0.2, 0) is 6.42 Å². The minimum absolute atomic E-state index is 0.779. The number of hydrogen-bond donors (Lipinski definition) is 3. The van der Waals surface area contributed by atoms with Gasteiger partial charge < -0.3 is 11.2 Å². The van der Waals surface area contributed by atoms with E-state index in [1.54, 1.807) is 0 Å². The second kappa shape index (κ2) is 3.25. The van der Waals surface area contributed by atoms with E-state index in [1.807, 2.05) is 18.2 Å². The van der Waals surface area contributed by atoms with E-state index in [1.165, 1.54) is 0 Å². The normalized spacial score (nSPS) is 9.64. The van der Waals surface area contributed by atoms with E-state index in [2.05, 4.69) is 12.3 Å². The Morgan fingerprint density at radius 2 is 2.18 bits per heavy atom. The number of aryl methyl sites for hydroxylation is 1. The van der Waals surface area contributed by atoms with Crippen LogP contribution in [0, 0.1) is 0 Å². The Morgan fingerprint density at radius 1 is 1.45 bits per heavy atom. The number of rotatable bonds is 2. The monoisotopic (exact) mass is 151 g/mol. The Balaban J connectivity index is 3.06. The number of benzene rings is 1. The van der Waals surface area contributed by atoms with Crippen molar-refractivity contribution in [1.82, 2.24) is 0 Å². The maximum absolute atomic E-state index is 5.59. The molecule has 60 valence electrons. The Hall–Kier alpha value is -1.22. The first-order valence-corrected chi connectivity index (χ1v) is 3.63. The van der Waals surface area contributed by atoms with Gasteiger partial charge in [-0.3, -0.25) is 5.84 Å². The minimum atomic E-state index is 0.779. The maximum Gasteiger partial charge on any atom is 0.0518 e. The van der Waals surface area contributed by atoms with Crippen LogP contribution >= 0.6 is 0 Å². The molecule has 3 nitrogen and oxygen atoms in total. The fourth-order valence-corrected chi connectivity index (χ4v) is 1.05. The average Bonchev–Trinajstić information content (AvgIpc) is 2.04. The highest BCUT2D eigenvalue weighted by Crippen LogP contribution is 2.17. The molecule has 0 aliphatic carbocycles. The third-order valence-electron chi connectivity index (χ3n) is 1.67. The van der Waals surface area contributed by atoms with E-state index in [4.69, 9.17) is 11.6 Å². The summed E-state index contributed by atoms with van der Waals surface area (Å²) in [4.78, 5) is 0. The second-order valence-electron chi connectivity index (χ2n) is 2.41. The highest BCUT2D eigenvalue weighted by Gasteiger charge is 1.97. The van der Waals surface area contributed by atoms with Crippen molar-refractivity contribution in [1.29, 1.82) is 0 Å². The molecule has 0 spiro atoms. The maximum atomic E-state index is 5.59. The summed E-state index contributed by atoms with van der Waals surface area (Å²) < 4.78 is 0. The molecule has 1 aromatic carbocycles. The molecular weight excluding hydrogens is 138 g/mol. The zero-order valence-electron chi connectivity index (χ0n) is 6.59. The molecule has 0 saturated carbocycles. The SMILES string of the molecule is CCc1cc(N)ccc1NN. The lowest BCUT2D eigenvalue weighted by Gasteiger charge is -2.06. The molecule has 0 atom stereocenters. The Morgan fingerprint density at radius 3 is 2.73 bits per heavy atom. The van der Waals surface area contributed by atoms with E-state index in [9.17, 15) is 0 Å². The number of nitrogens with two attached hydrogens (primary N) is 2. The summed E-state index contributed by atoms with van der Waals surface area (Å²) in [6.07, 6.45) is 0.935. The van der Waals surface area contributed by atoms with Crippen molar-refractivity contribution in [2.45, 2.75) is 13.3 Å². The van der Waals surface area contributed by atoms with Gasteiger partial charge in [-0.1, -0.05) is 6.92 Å². The molecule has 0 bridgehead atoms. The standard InChI is InChI=1S/C8H13N3/c1-2-6-5-7(9)3-4-8(6)11-10/h3-5,11H,2,9-10H2,1H3. The summed E-state index contributed by atoms with van der Waals surface area (Å²) in [5, 5.41) is 0. The van der Waals surface area contributed by atoms with Crippen LogP contribution in [0.5, 0.6) is 0 Å². The van der Waals surface area contributed by atoms with Crippen molar-refractivity contribution in [2.24, 2.45) is 5.84 Å². The van der Waals surface area contributed by atoms with Crippen LogP contribution in [-0.4, -0.2) is 0 Å². The fraction of sp³-hybridized carbons (Fsp3) is 0.250. The molecule has 0 fully saturated rings. The summed E-state index contributed by atoms with van der Waals surface area (Å²) in [7, 11) is 0. The van der Waals surface area contributed by atoms with Crippen LogP contribution < -0.4 is 17.0 Å². The van der Waals surface area contributed by atoms with Crippen molar-refractivity contribution in [3.63, 3.8) is 0 Å². The van der Waals surface area contributed by atoms with Crippen LogP contribution in [0.15, 0.2) is 18.2 Å². The summed E-state index contributed by atoms with van der Waals surface area (Å²) >= 11 is 0. The zero-order valence-corrected chi connectivity index (χ0v) is 6.59. The van der Waals surface area contributed by atoms with Gasteiger partial charge in [-0.2, -0.15) is 0 Å². The number of hydrazine groups is 1. The van der Waals surface area contributed by atoms with Gasteiger partial charge in [0.2, 0.25) is 0 Å². The van der Waals surface area contributed by atoms with Gasteiger partial charge in [-0.15, -0.1) is 0 Å². The number of nitrogen functional groups attached to an aromatic ring is 2. The molecule has 11 heavy (non-hydrogen) atoms. The number of anilines is 2. The van der Waals surface area contributed by atoms with Gasteiger partial charge in [0.25, 0.3) is 0 Å². The molecular formula is C8H13N3. The lowest BCUT2D eigenvalue weighted by atomic mass is 10.1. The van der Waals surface area contributed by atoms with E-state index in [0.717, 1.165) is 23.4 Å². The average molecular weight is 151 g/mol. The first-order valence-electron chi connectivity index (χ1n) is 3.63. The van der Waals surface area contributed by atoms with Crippen LogP contribution in [0.1, 0.15) is 12.5 Å². The molecule has 0 aliphatic rings. The zero-order chi connectivity index (χ0) is 8.27. The van der Waals surface area contributed by atoms with Gasteiger partial charge in [0, 0.05) is 5.69 Å². The highest BCUT2D eigenvalue weighted by atomic mass is 15.2. The van der Waals surface area contributed by atoms with Gasteiger partial charge in [-0.25, -0.2) is 0 Å². The van der Waals surface area contributed by atoms with Gasteiger partial charge in [0.1, 0.15) is 0 Å². The summed E-state index contributed by atoms with van der Waals surface area (Å²) in [5.74, 6) is 5.29. The molecule has 0 amide bonds. The fourth-order valence-electron chi connectivity index (χ4n) is 1.05. The predicted octanol–water partition coefficient (Wildman–Crippen LogP) is 1.12. The molecule has 0 aliphatic heterocycles. The lowest BCUT2D eigenvalue weighted by Crippen LogP contribution is -2.09. The van der Waals surface area contributed by atoms with E-state index in [-0.39, 0.29) is 0 Å². The molecule has 0 radical (unpaired) electrons. The first-order chi connectivity index (χ1) is 5.27. The molecule has 1 aromatic rings. The van der Waals surface area contributed by atoms with Crippen LogP contribution in [0.2, 0.25) is 0 Å². The van der Waals surface area contributed by atoms with Crippen molar-refractivity contribution in [2.75, 3.05) is 11.2 Å². The van der Waals surface area contributed by atoms with E-state index >= 15 is 0 Å². The van der Waals surface area contributed by atoms with Crippen LogP contribution in [0.4, 0.5) is 11.4 Å². The van der Waals surface area contributed by atoms with Crippen LogP contribution in [0.3, 0.4) is 0 Å². The number of hydrogen-bond acceptors (Lipinski definition) is 3. The van der Waals surface area contributed by atoms with Crippen molar-refractivity contribution >= 4 is 11.4 Å². The Kier molecular flexibility index (Phi) is 2.33. The molecule has 0 heterocycles. The van der Waals surface area contributed by atoms with Crippen LogP contribution in [0.25, 0.3) is 0 Å². The summed E-state index contributed by atoms with van der Waals surface area (Å²) in [6.45, 7) is 2.07. The Bertz CT molecular complexity index is 245. The lowest BCUT2D eigenvalue weighted by molar-refractivity contribution is 1.13. The molecule has 0 unspecified atom stereocenters. The van der Waals surface area contributed by atoms with Gasteiger partial charge in [-0.05, 0) is 30.2 Å². The summed E-state index contributed by atoms with van der Waals surface area (Å²) in [5.41, 5.74) is 11.1. The molecule has 5 N–H and O–H groups in total. The van der Waals surface area contributed by atoms with E-state index < -0.39 is 0 Å². The molecule has 0 saturated heterocycles. The molecule has 3 heteroatoms. The molecule has 0 aromatic heterocycles. The molecule has 1 rings (SSSR count). The predicted molar refractivity (Wildman–Crippen MR) is 48.0 cm³/mol. The quantitative estimate of drug-likeness (QED) is 0.337. The minimum Gasteiger partial charge on any atom is -0.399 e. The Labute approximate surface area is 66.4 Å². The van der Waals surface area contributed by atoms with Gasteiger partial charge in [0.05, 0.1) is 5.69 Å². The third-order valence-corrected chi connectivity index (χ3v) is 1.67. The van der Waals surface area contributed by atoms with Crippen molar-refractivity contribution < 1.29 is 0 Å². The van der Waals surface area contributed by atoms with E-state index in [0.29, 0.717) is 0 Å². The van der Waals surface area contributed by atoms with Gasteiger partial charge >= 0.3 is 0 Å². The van der Waals surface area contributed by atoms with Crippen molar-refractivity contribution in [3.05, 3.63) is 23.8 Å².